The maximum absolute atomic E-state index is 14.6. The van der Waals surface area contributed by atoms with Crippen molar-refractivity contribution in [1.29, 1.82) is 0 Å². The van der Waals surface area contributed by atoms with Crippen LogP contribution in [0.5, 0.6) is 5.75 Å². The Morgan fingerprint density at radius 3 is 2.80 bits per heavy atom. The molecule has 9 nitrogen and oxygen atoms in total. The molecular weight excluding hydrogens is 626 g/mol. The first kappa shape index (κ1) is 32.7. The number of nitrogens with zero attached hydrogens (tertiary/aromatic N) is 2. The smallest absolute Gasteiger partial charge is 0.287 e. The van der Waals surface area contributed by atoms with Crippen molar-refractivity contribution in [2.24, 2.45) is 16.2 Å². The maximum Gasteiger partial charge on any atom is 0.287 e. The third-order valence-corrected chi connectivity index (χ3v) is 12.0. The lowest BCUT2D eigenvalue weighted by Crippen LogP contribution is -2.49. The Hall–Kier alpha value is -3.18. The largest absolute Gasteiger partial charge is 0.490 e. The Morgan fingerprint density at radius 2 is 2.07 bits per heavy atom. The number of aryl methyl sites for hydroxylation is 1. The highest BCUT2D eigenvalue weighted by Crippen LogP contribution is 2.47. The number of carbonyl (C=O) groups excluding carboxylic acids is 2. The molecule has 4 aliphatic rings. The Morgan fingerprint density at radius 1 is 1.24 bits per heavy atom. The Balaban J connectivity index is 1.51. The van der Waals surface area contributed by atoms with Gasteiger partial charge in [-0.25, -0.2) is 4.21 Å². The summed E-state index contributed by atoms with van der Waals surface area (Å²) in [7, 11) is -2.06. The van der Waals surface area contributed by atoms with E-state index in [1.54, 1.807) is 39.2 Å². The topological polar surface area (TPSA) is 107 Å². The molecule has 0 radical (unpaired) electrons. The van der Waals surface area contributed by atoms with Crippen LogP contribution in [-0.2, 0) is 40.8 Å². The summed E-state index contributed by atoms with van der Waals surface area (Å²) < 4.78 is 39.6. The van der Waals surface area contributed by atoms with Crippen LogP contribution in [0.2, 0.25) is 5.02 Å². The third kappa shape index (κ3) is 6.24. The van der Waals surface area contributed by atoms with Crippen LogP contribution in [0.3, 0.4) is 0 Å². The number of amides is 2. The first-order chi connectivity index (χ1) is 22.0. The predicted octanol–water partition coefficient (Wildman–Crippen LogP) is 5.79. The Kier molecular flexibility index (Phi) is 9.10. The highest BCUT2D eigenvalue weighted by Gasteiger charge is 2.44. The van der Waals surface area contributed by atoms with Gasteiger partial charge in [-0.1, -0.05) is 36.4 Å². The molecule has 46 heavy (non-hydrogen) atoms. The average molecular weight is 668 g/mol. The lowest BCUT2D eigenvalue weighted by Gasteiger charge is -2.46. The summed E-state index contributed by atoms with van der Waals surface area (Å²) >= 11 is 6.43. The van der Waals surface area contributed by atoms with Crippen LogP contribution in [0.25, 0.3) is 0 Å². The number of fused-ring (bicyclic) bond motifs is 4. The number of halogens is 1. The molecule has 1 spiro atoms. The number of hydrogen-bond acceptors (Lipinski definition) is 7. The Bertz CT molecular complexity index is 1700. The van der Waals surface area contributed by atoms with Crippen LogP contribution in [0.1, 0.15) is 50.7 Å². The molecule has 6 rings (SSSR count). The minimum Gasteiger partial charge on any atom is -0.490 e. The van der Waals surface area contributed by atoms with Crippen LogP contribution < -0.4 is 14.4 Å². The summed E-state index contributed by atoms with van der Waals surface area (Å²) in [4.78, 5) is 28.6. The van der Waals surface area contributed by atoms with Crippen LogP contribution in [-0.4, -0.2) is 61.1 Å². The molecule has 5 atom stereocenters. The van der Waals surface area contributed by atoms with Gasteiger partial charge in [0.2, 0.25) is 0 Å². The van der Waals surface area contributed by atoms with E-state index in [9.17, 15) is 13.8 Å². The van der Waals surface area contributed by atoms with Crippen LogP contribution in [0.15, 0.2) is 70.5 Å². The molecule has 2 aromatic rings. The van der Waals surface area contributed by atoms with Crippen molar-refractivity contribution in [1.82, 2.24) is 4.72 Å². The molecule has 1 saturated carbocycles. The number of benzene rings is 2. The first-order valence-electron chi connectivity index (χ1n) is 15.9. The highest BCUT2D eigenvalue weighted by atomic mass is 35.5. The van der Waals surface area contributed by atoms with E-state index in [4.69, 9.17) is 25.8 Å². The van der Waals surface area contributed by atoms with Gasteiger partial charge in [0.25, 0.3) is 11.8 Å². The number of rotatable bonds is 3. The van der Waals surface area contributed by atoms with Crippen molar-refractivity contribution in [3.05, 3.63) is 77.4 Å². The summed E-state index contributed by atoms with van der Waals surface area (Å²) in [6, 6.07) is 11.3. The summed E-state index contributed by atoms with van der Waals surface area (Å²) in [6.45, 7) is 8.66. The number of nitrogens with one attached hydrogen (secondary N) is 1. The van der Waals surface area contributed by atoms with E-state index >= 15 is 0 Å². The van der Waals surface area contributed by atoms with Crippen molar-refractivity contribution in [3.8, 4) is 5.75 Å². The molecule has 1 unspecified atom stereocenters. The van der Waals surface area contributed by atoms with Crippen LogP contribution in [0.4, 0.5) is 5.69 Å². The van der Waals surface area contributed by atoms with Gasteiger partial charge in [0.1, 0.15) is 11.4 Å². The summed E-state index contributed by atoms with van der Waals surface area (Å²) in [5.74, 6) is -0.201. The predicted molar refractivity (Wildman–Crippen MR) is 179 cm³/mol. The molecule has 11 heteroatoms. The van der Waals surface area contributed by atoms with Crippen LogP contribution >= 0.6 is 11.6 Å². The maximum atomic E-state index is 14.6. The first-order valence-corrected chi connectivity index (χ1v) is 17.8. The molecule has 1 fully saturated rings. The minimum absolute atomic E-state index is 0.104. The zero-order valence-corrected chi connectivity index (χ0v) is 28.2. The van der Waals surface area contributed by atoms with Crippen molar-refractivity contribution in [2.45, 2.75) is 68.0 Å². The normalized spacial score (nSPS) is 30.5. The van der Waals surface area contributed by atoms with Crippen molar-refractivity contribution in [2.75, 3.05) is 38.3 Å². The molecule has 2 heterocycles. The van der Waals surface area contributed by atoms with Gasteiger partial charge in [-0.05, 0) is 105 Å². The van der Waals surface area contributed by atoms with E-state index in [-0.39, 0.29) is 23.0 Å². The summed E-state index contributed by atoms with van der Waals surface area (Å²) in [5.41, 5.74) is 1.53. The molecule has 2 aliphatic carbocycles. The lowest BCUT2D eigenvalue weighted by atomic mass is 9.68. The van der Waals surface area contributed by atoms with Crippen molar-refractivity contribution < 1.29 is 28.0 Å². The van der Waals surface area contributed by atoms with Gasteiger partial charge in [-0.2, -0.15) is 0 Å². The fourth-order valence-electron chi connectivity index (χ4n) is 7.25. The molecule has 0 saturated heterocycles. The number of methoxy groups -OCH3 is 1. The molecule has 2 aromatic carbocycles. The molecule has 2 amide bonds. The lowest BCUT2D eigenvalue weighted by molar-refractivity contribution is -0.137. The molecule has 0 aromatic heterocycles. The van der Waals surface area contributed by atoms with Crippen molar-refractivity contribution in [3.63, 3.8) is 0 Å². The van der Waals surface area contributed by atoms with E-state index in [2.05, 4.69) is 32.7 Å². The van der Waals surface area contributed by atoms with Crippen molar-refractivity contribution >= 4 is 39.0 Å². The number of hydrogen-bond donors (Lipinski definition) is 1. The monoisotopic (exact) mass is 667 g/mol. The molecule has 246 valence electrons. The average Bonchev–Trinajstić information content (AvgIpc) is 3.16. The molecule has 2 bridgehead atoms. The number of carbonyl (C=O) groups is 2. The SMILES string of the molecule is C=CC(=O)NS1(=O)=NC(=O)C(C)(C)OCC=C[C@H](OC)[C@@H]2CC[C@H]2CN2C[C@@]3(CCCc4cc(Cl)ccc43)COc3ccc1cc32. The van der Waals surface area contributed by atoms with Gasteiger partial charge >= 0.3 is 0 Å². The highest BCUT2D eigenvalue weighted by molar-refractivity contribution is 7.92. The van der Waals surface area contributed by atoms with Crippen LogP contribution in [0, 0.1) is 11.8 Å². The summed E-state index contributed by atoms with van der Waals surface area (Å²) in [6.07, 6.45) is 9.77. The van der Waals surface area contributed by atoms with E-state index in [1.807, 2.05) is 18.2 Å². The summed E-state index contributed by atoms with van der Waals surface area (Å²) in [5, 5.41) is 0.725. The van der Waals surface area contributed by atoms with Gasteiger partial charge in [0.15, 0.2) is 9.92 Å². The minimum atomic E-state index is -3.78. The second-order valence-corrected chi connectivity index (χ2v) is 15.6. The molecular formula is C35H42ClN3O6S. The fraction of sp³-hybridized carbons (Fsp3) is 0.486. The quantitative estimate of drug-likeness (QED) is 0.326. The second kappa shape index (κ2) is 12.8. The molecule has 1 N–H and O–H groups in total. The van der Waals surface area contributed by atoms with Gasteiger partial charge < -0.3 is 19.1 Å². The van der Waals surface area contributed by atoms with Gasteiger partial charge in [-0.3, -0.25) is 14.3 Å². The van der Waals surface area contributed by atoms with Gasteiger partial charge in [0.05, 0.1) is 29.9 Å². The number of ether oxygens (including phenoxy) is 3. The second-order valence-electron chi connectivity index (χ2n) is 13.3. The fourth-order valence-corrected chi connectivity index (χ4v) is 9.04. The van der Waals surface area contributed by atoms with E-state index in [0.29, 0.717) is 30.7 Å². The molecule has 2 aliphatic heterocycles. The van der Waals surface area contributed by atoms with E-state index in [0.717, 1.165) is 55.4 Å². The zero-order chi connectivity index (χ0) is 32.7. The van der Waals surface area contributed by atoms with E-state index in [1.165, 1.54) is 11.1 Å². The van der Waals surface area contributed by atoms with Gasteiger partial charge in [-0.15, -0.1) is 4.36 Å². The zero-order valence-electron chi connectivity index (χ0n) is 26.6. The van der Waals surface area contributed by atoms with E-state index < -0.39 is 27.3 Å². The van der Waals surface area contributed by atoms with Gasteiger partial charge in [0, 0.05) is 30.6 Å². The Labute approximate surface area is 276 Å². The third-order valence-electron chi connectivity index (χ3n) is 9.97. The number of anilines is 1. The standard InChI is InChI=1S/C35H42ClN3O6S/c1-5-32(40)37-46(42)26-12-15-31-29(19-26)39(21-35(22-44-31)16-6-8-23-18-25(36)11-14-28(23)35)20-24-10-13-27(24)30(43-4)9-7-17-45-34(2,3)33(41)38-46/h5,7,9,11-12,14-15,18-19,24,27,30H,1,6,8,10,13,16-17,20-22H2,2-4H3,(H,37,38,40,41,42)/t24-,27+,30-,35-,46?/m0/s1.